The molecule has 1 aromatic heterocycles. The summed E-state index contributed by atoms with van der Waals surface area (Å²) in [5.41, 5.74) is 2.28. The van der Waals surface area contributed by atoms with Crippen LogP contribution in [0.25, 0.3) is 10.9 Å². The fourth-order valence-electron chi connectivity index (χ4n) is 3.60. The summed E-state index contributed by atoms with van der Waals surface area (Å²) in [6.07, 6.45) is 4.99. The lowest BCUT2D eigenvalue weighted by atomic mass is 9.64. The van der Waals surface area contributed by atoms with E-state index in [1.165, 1.54) is 18.3 Å². The van der Waals surface area contributed by atoms with E-state index in [1.54, 1.807) is 0 Å². The molecule has 5 heteroatoms. The summed E-state index contributed by atoms with van der Waals surface area (Å²) in [5.74, 6) is 0.669. The first-order valence-electron chi connectivity index (χ1n) is 9.03. The third kappa shape index (κ3) is 3.25. The average Bonchev–Trinajstić information content (AvgIpc) is 2.66. The minimum Gasteiger partial charge on any atom is -0.360 e. The molecule has 1 aliphatic rings. The largest absolute Gasteiger partial charge is 0.360 e. The summed E-state index contributed by atoms with van der Waals surface area (Å²) in [5, 5.41) is 7.15. The van der Waals surface area contributed by atoms with Crippen LogP contribution in [0.5, 0.6) is 0 Å². The molecule has 5 nitrogen and oxygen atoms in total. The maximum absolute atomic E-state index is 12.4. The number of hydrogen-bond acceptors (Lipinski definition) is 4. The number of nitrogens with zero attached hydrogens (tertiary/aromatic N) is 2. The fourth-order valence-corrected chi connectivity index (χ4v) is 3.60. The van der Waals surface area contributed by atoms with Gasteiger partial charge in [0, 0.05) is 17.3 Å². The highest BCUT2D eigenvalue weighted by Gasteiger charge is 2.38. The van der Waals surface area contributed by atoms with Gasteiger partial charge in [-0.1, -0.05) is 48.9 Å². The van der Waals surface area contributed by atoms with E-state index in [9.17, 15) is 4.79 Å². The second kappa shape index (κ2) is 7.12. The SMILES string of the molecule is O=C(CNc1ncnc2ccccc12)NCC1(c2ccccc2)CCC1. The number of carbonyl (C=O) groups excluding carboxylic acids is 1. The Morgan fingerprint density at radius 2 is 1.77 bits per heavy atom. The van der Waals surface area contributed by atoms with Gasteiger partial charge in [0.1, 0.15) is 12.1 Å². The Morgan fingerprint density at radius 1 is 1.00 bits per heavy atom. The number of amides is 1. The van der Waals surface area contributed by atoms with Crippen molar-refractivity contribution >= 4 is 22.6 Å². The molecule has 2 aromatic carbocycles. The number of anilines is 1. The highest BCUT2D eigenvalue weighted by atomic mass is 16.1. The molecule has 0 saturated heterocycles. The zero-order chi connectivity index (χ0) is 17.8. The van der Waals surface area contributed by atoms with Gasteiger partial charge in [-0.05, 0) is 30.5 Å². The standard InChI is InChI=1S/C21H22N4O/c26-19(13-22-20-17-9-4-5-10-18(17)24-15-25-20)23-14-21(11-6-12-21)16-7-2-1-3-8-16/h1-5,7-10,15H,6,11-14H2,(H,23,26)(H,22,24,25). The number of para-hydroxylation sites is 1. The summed E-state index contributed by atoms with van der Waals surface area (Å²) < 4.78 is 0. The first kappa shape index (κ1) is 16.5. The highest BCUT2D eigenvalue weighted by molar-refractivity contribution is 5.90. The minimum absolute atomic E-state index is 0.0186. The lowest BCUT2D eigenvalue weighted by molar-refractivity contribution is -0.119. The predicted molar refractivity (Wildman–Crippen MR) is 103 cm³/mol. The number of nitrogens with one attached hydrogen (secondary N) is 2. The summed E-state index contributed by atoms with van der Waals surface area (Å²) in [6.45, 7) is 0.883. The Kier molecular flexibility index (Phi) is 4.52. The summed E-state index contributed by atoms with van der Waals surface area (Å²) in [4.78, 5) is 20.9. The topological polar surface area (TPSA) is 66.9 Å². The van der Waals surface area contributed by atoms with Crippen LogP contribution in [0.3, 0.4) is 0 Å². The molecule has 0 spiro atoms. The molecule has 0 atom stereocenters. The molecule has 1 aliphatic carbocycles. The van der Waals surface area contributed by atoms with Crippen molar-refractivity contribution in [2.45, 2.75) is 24.7 Å². The summed E-state index contributed by atoms with van der Waals surface area (Å²) in [7, 11) is 0. The molecular formula is C21H22N4O. The fraction of sp³-hybridized carbons (Fsp3) is 0.286. The molecule has 0 unspecified atom stereocenters. The van der Waals surface area contributed by atoms with E-state index in [2.05, 4.69) is 44.9 Å². The van der Waals surface area contributed by atoms with Crippen molar-refractivity contribution in [1.82, 2.24) is 15.3 Å². The van der Waals surface area contributed by atoms with Crippen molar-refractivity contribution in [3.05, 3.63) is 66.5 Å². The summed E-state index contributed by atoms with van der Waals surface area (Å²) in [6, 6.07) is 18.3. The molecule has 26 heavy (non-hydrogen) atoms. The van der Waals surface area contributed by atoms with Gasteiger partial charge >= 0.3 is 0 Å². The van der Waals surface area contributed by atoms with E-state index in [-0.39, 0.29) is 17.9 Å². The van der Waals surface area contributed by atoms with Crippen LogP contribution in [0.4, 0.5) is 5.82 Å². The number of rotatable bonds is 6. The molecule has 3 aromatic rings. The van der Waals surface area contributed by atoms with Crippen molar-refractivity contribution in [2.75, 3.05) is 18.4 Å². The van der Waals surface area contributed by atoms with Crippen molar-refractivity contribution < 1.29 is 4.79 Å². The van der Waals surface area contributed by atoms with Crippen LogP contribution < -0.4 is 10.6 Å². The van der Waals surface area contributed by atoms with E-state index in [4.69, 9.17) is 0 Å². The molecule has 4 rings (SSSR count). The van der Waals surface area contributed by atoms with Gasteiger partial charge in [-0.25, -0.2) is 9.97 Å². The molecule has 0 radical (unpaired) electrons. The third-order valence-corrected chi connectivity index (χ3v) is 5.28. The Hall–Kier alpha value is -2.95. The summed E-state index contributed by atoms with van der Waals surface area (Å²) >= 11 is 0. The number of fused-ring (bicyclic) bond motifs is 1. The first-order valence-corrected chi connectivity index (χ1v) is 9.03. The Morgan fingerprint density at radius 3 is 2.54 bits per heavy atom. The monoisotopic (exact) mass is 346 g/mol. The molecule has 132 valence electrons. The molecule has 1 amide bonds. The van der Waals surface area contributed by atoms with Crippen LogP contribution in [0.15, 0.2) is 60.9 Å². The van der Waals surface area contributed by atoms with Crippen molar-refractivity contribution in [3.63, 3.8) is 0 Å². The second-order valence-electron chi connectivity index (χ2n) is 6.87. The van der Waals surface area contributed by atoms with Crippen LogP contribution in [-0.4, -0.2) is 29.0 Å². The zero-order valence-electron chi connectivity index (χ0n) is 14.6. The Bertz CT molecular complexity index is 901. The first-order chi connectivity index (χ1) is 12.8. The molecule has 1 fully saturated rings. The van der Waals surface area contributed by atoms with E-state index < -0.39 is 0 Å². The van der Waals surface area contributed by atoms with Crippen LogP contribution in [0.2, 0.25) is 0 Å². The molecule has 1 heterocycles. The smallest absolute Gasteiger partial charge is 0.239 e. The number of aromatic nitrogens is 2. The van der Waals surface area contributed by atoms with Crippen LogP contribution in [0, 0.1) is 0 Å². The quantitative estimate of drug-likeness (QED) is 0.719. The van der Waals surface area contributed by atoms with E-state index in [1.807, 2.05) is 30.3 Å². The van der Waals surface area contributed by atoms with Gasteiger partial charge in [0.05, 0.1) is 12.1 Å². The second-order valence-corrected chi connectivity index (χ2v) is 6.87. The van der Waals surface area contributed by atoms with Crippen LogP contribution in [0.1, 0.15) is 24.8 Å². The van der Waals surface area contributed by atoms with Crippen molar-refractivity contribution in [1.29, 1.82) is 0 Å². The van der Waals surface area contributed by atoms with Gasteiger partial charge in [-0.3, -0.25) is 4.79 Å². The number of benzene rings is 2. The van der Waals surface area contributed by atoms with Gasteiger partial charge in [0.15, 0.2) is 0 Å². The lowest BCUT2D eigenvalue weighted by Crippen LogP contribution is -2.46. The molecule has 1 saturated carbocycles. The van der Waals surface area contributed by atoms with Gasteiger partial charge in [-0.2, -0.15) is 0 Å². The van der Waals surface area contributed by atoms with Crippen LogP contribution in [-0.2, 0) is 10.2 Å². The maximum Gasteiger partial charge on any atom is 0.239 e. The number of hydrogen-bond donors (Lipinski definition) is 2. The molecular weight excluding hydrogens is 324 g/mol. The highest BCUT2D eigenvalue weighted by Crippen LogP contribution is 2.43. The Labute approximate surface area is 152 Å². The van der Waals surface area contributed by atoms with Gasteiger partial charge in [0.25, 0.3) is 0 Å². The van der Waals surface area contributed by atoms with E-state index >= 15 is 0 Å². The van der Waals surface area contributed by atoms with Crippen molar-refractivity contribution in [3.8, 4) is 0 Å². The molecule has 0 aliphatic heterocycles. The van der Waals surface area contributed by atoms with Crippen LogP contribution >= 0.6 is 0 Å². The van der Waals surface area contributed by atoms with Crippen molar-refractivity contribution in [2.24, 2.45) is 0 Å². The normalized spacial score (nSPS) is 15.2. The third-order valence-electron chi connectivity index (χ3n) is 5.28. The van der Waals surface area contributed by atoms with Gasteiger partial charge in [-0.15, -0.1) is 0 Å². The average molecular weight is 346 g/mol. The predicted octanol–water partition coefficient (Wildman–Crippen LogP) is 3.28. The zero-order valence-corrected chi connectivity index (χ0v) is 14.6. The van der Waals surface area contributed by atoms with Gasteiger partial charge < -0.3 is 10.6 Å². The van der Waals surface area contributed by atoms with E-state index in [0.29, 0.717) is 12.4 Å². The Balaban J connectivity index is 1.37. The minimum atomic E-state index is -0.0186. The molecule has 2 N–H and O–H groups in total. The lowest BCUT2D eigenvalue weighted by Gasteiger charge is -2.42. The molecule has 0 bridgehead atoms. The number of carbonyl (C=O) groups is 1. The maximum atomic E-state index is 12.4. The van der Waals surface area contributed by atoms with E-state index in [0.717, 1.165) is 23.7 Å². The van der Waals surface area contributed by atoms with Gasteiger partial charge in [0.2, 0.25) is 5.91 Å².